The number of aromatic nitrogens is 4. The quantitative estimate of drug-likeness (QED) is 0.237. The van der Waals surface area contributed by atoms with Crippen molar-refractivity contribution in [1.29, 1.82) is 0 Å². The van der Waals surface area contributed by atoms with Gasteiger partial charge in [0, 0.05) is 49.4 Å². The third-order valence-corrected chi connectivity index (χ3v) is 6.62. The minimum atomic E-state index is -0.0787. The third-order valence-electron chi connectivity index (χ3n) is 4.68. The number of hydrogen-bond acceptors (Lipinski definition) is 6. The first-order valence-corrected chi connectivity index (χ1v) is 13.5. The van der Waals surface area contributed by atoms with Crippen LogP contribution in [0.15, 0.2) is 105 Å². The summed E-state index contributed by atoms with van der Waals surface area (Å²) in [6.45, 7) is 5.22. The lowest BCUT2D eigenvalue weighted by molar-refractivity contribution is 0.692. The van der Waals surface area contributed by atoms with E-state index in [0.29, 0.717) is 22.7 Å². The molecule has 0 N–H and O–H groups in total. The van der Waals surface area contributed by atoms with E-state index in [9.17, 15) is 9.59 Å². The third kappa shape index (κ3) is 9.87. The molecule has 0 fully saturated rings. The van der Waals surface area contributed by atoms with E-state index >= 15 is 0 Å². The second-order valence-electron chi connectivity index (χ2n) is 7.05. The largest absolute Gasteiger partial charge is 0.312 e. The van der Waals surface area contributed by atoms with E-state index in [2.05, 4.69) is 50.7 Å². The van der Waals surface area contributed by atoms with E-state index in [0.717, 1.165) is 11.5 Å². The van der Waals surface area contributed by atoms with E-state index in [1.54, 1.807) is 33.9 Å². The lowest BCUT2D eigenvalue weighted by atomic mass is 10.2. The molecule has 0 atom stereocenters. The van der Waals surface area contributed by atoms with Crippen LogP contribution >= 0.6 is 40.3 Å². The van der Waals surface area contributed by atoms with Crippen molar-refractivity contribution in [3.8, 4) is 0 Å². The number of hydrogen-bond donors (Lipinski definition) is 1. The minimum absolute atomic E-state index is 0.00377. The standard InChI is InChI=1S/C13H14N2OS.C7H8S.C6H7BrN2O/c1-2-15-9-8-14-12(13(15)16)17-10-11-6-4-3-5-7-11;8-6-7-4-2-1-3-5-7;1-2-9-4-3-8-5(7)6(9)10/h3-9H,2,10H2,1H3;1-5,8H,6H2;3-4H,2H2,1H3. The summed E-state index contributed by atoms with van der Waals surface area (Å²) in [7, 11) is 0. The van der Waals surface area contributed by atoms with Crippen molar-refractivity contribution >= 4 is 40.3 Å². The van der Waals surface area contributed by atoms with Gasteiger partial charge >= 0.3 is 0 Å². The molecule has 4 rings (SSSR count). The van der Waals surface area contributed by atoms with Crippen molar-refractivity contribution in [1.82, 2.24) is 19.1 Å². The van der Waals surface area contributed by atoms with E-state index < -0.39 is 0 Å². The van der Waals surface area contributed by atoms with E-state index in [-0.39, 0.29) is 11.1 Å². The lowest BCUT2D eigenvalue weighted by Gasteiger charge is -2.04. The molecule has 9 heteroatoms. The lowest BCUT2D eigenvalue weighted by Crippen LogP contribution is -2.20. The summed E-state index contributed by atoms with van der Waals surface area (Å²) in [6, 6.07) is 20.3. The van der Waals surface area contributed by atoms with Gasteiger partial charge in [-0.15, -0.1) is 0 Å². The molecule has 2 heterocycles. The summed E-state index contributed by atoms with van der Waals surface area (Å²) in [5.74, 6) is 1.61. The Morgan fingerprint density at radius 3 is 1.80 bits per heavy atom. The molecule has 35 heavy (non-hydrogen) atoms. The van der Waals surface area contributed by atoms with Gasteiger partial charge in [0.2, 0.25) is 0 Å². The molecule has 184 valence electrons. The Hall–Kier alpha value is -2.62. The molecule has 0 spiro atoms. The Balaban J connectivity index is 0.000000204. The fraction of sp³-hybridized carbons (Fsp3) is 0.231. The zero-order chi connectivity index (χ0) is 25.5. The van der Waals surface area contributed by atoms with Crippen molar-refractivity contribution in [2.24, 2.45) is 0 Å². The van der Waals surface area contributed by atoms with Crippen LogP contribution in [0.4, 0.5) is 0 Å². The molecule has 6 nitrogen and oxygen atoms in total. The fourth-order valence-corrected chi connectivity index (χ4v) is 4.18. The van der Waals surface area contributed by atoms with Crippen LogP contribution < -0.4 is 11.1 Å². The summed E-state index contributed by atoms with van der Waals surface area (Å²) >= 11 is 8.64. The number of rotatable bonds is 6. The molecule has 0 amide bonds. The van der Waals surface area contributed by atoms with Crippen LogP contribution in [0.3, 0.4) is 0 Å². The minimum Gasteiger partial charge on any atom is -0.312 e. The Kier molecular flexibility index (Phi) is 13.2. The summed E-state index contributed by atoms with van der Waals surface area (Å²) in [5, 5.41) is 0.568. The normalized spacial score (nSPS) is 9.94. The van der Waals surface area contributed by atoms with Crippen molar-refractivity contribution in [3.63, 3.8) is 0 Å². The Labute approximate surface area is 224 Å². The summed E-state index contributed by atoms with van der Waals surface area (Å²) in [6.07, 6.45) is 6.65. The smallest absolute Gasteiger partial charge is 0.283 e. The van der Waals surface area contributed by atoms with Gasteiger partial charge in [-0.3, -0.25) is 9.59 Å². The molecule has 0 saturated heterocycles. The summed E-state index contributed by atoms with van der Waals surface area (Å²) in [5.41, 5.74) is 2.39. The SMILES string of the molecule is CCn1ccnc(Br)c1=O.CCn1ccnc(SCc2ccccc2)c1=O.SCc1ccccc1. The van der Waals surface area contributed by atoms with Crippen LogP contribution in [-0.4, -0.2) is 19.1 Å². The molecular formula is C26H29BrN4O2S2. The van der Waals surface area contributed by atoms with Gasteiger partial charge in [-0.2, -0.15) is 12.6 Å². The Morgan fingerprint density at radius 2 is 1.31 bits per heavy atom. The highest BCUT2D eigenvalue weighted by Gasteiger charge is 2.04. The zero-order valence-electron chi connectivity index (χ0n) is 19.8. The van der Waals surface area contributed by atoms with Gasteiger partial charge in [-0.25, -0.2) is 9.97 Å². The average Bonchev–Trinajstić information content (AvgIpc) is 2.91. The van der Waals surface area contributed by atoms with E-state index in [1.807, 2.05) is 62.4 Å². The summed E-state index contributed by atoms with van der Waals surface area (Å²) < 4.78 is 3.62. The van der Waals surface area contributed by atoms with Gasteiger partial charge < -0.3 is 9.13 Å². The van der Waals surface area contributed by atoms with Gasteiger partial charge in [0.05, 0.1) is 0 Å². The molecular weight excluding hydrogens is 544 g/mol. The maximum absolute atomic E-state index is 11.9. The van der Waals surface area contributed by atoms with Gasteiger partial charge in [0.25, 0.3) is 11.1 Å². The second kappa shape index (κ2) is 16.1. The molecule has 0 unspecified atom stereocenters. The first kappa shape index (κ1) is 28.6. The van der Waals surface area contributed by atoms with Crippen LogP contribution in [0.25, 0.3) is 0 Å². The number of thiol groups is 1. The Bertz CT molecular complexity index is 1270. The predicted molar refractivity (Wildman–Crippen MR) is 151 cm³/mol. The van der Waals surface area contributed by atoms with Crippen molar-refractivity contribution in [2.75, 3.05) is 0 Å². The maximum atomic E-state index is 11.9. The number of thioether (sulfide) groups is 1. The molecule has 0 aliphatic heterocycles. The molecule has 2 aromatic heterocycles. The van der Waals surface area contributed by atoms with Gasteiger partial charge in [-0.1, -0.05) is 72.4 Å². The van der Waals surface area contributed by atoms with Crippen molar-refractivity contribution in [3.05, 3.63) is 122 Å². The predicted octanol–water partition coefficient (Wildman–Crippen LogP) is 5.70. The van der Waals surface area contributed by atoms with E-state index in [4.69, 9.17) is 0 Å². The first-order chi connectivity index (χ1) is 17.0. The van der Waals surface area contributed by atoms with Crippen LogP contribution in [0, 0.1) is 0 Å². The monoisotopic (exact) mass is 572 g/mol. The molecule has 0 bridgehead atoms. The van der Waals surface area contributed by atoms with E-state index in [1.165, 1.54) is 22.9 Å². The van der Waals surface area contributed by atoms with Crippen LogP contribution in [0.1, 0.15) is 25.0 Å². The van der Waals surface area contributed by atoms with Crippen LogP contribution in [-0.2, 0) is 24.6 Å². The van der Waals surface area contributed by atoms with Gasteiger partial charge in [0.1, 0.15) is 0 Å². The zero-order valence-corrected chi connectivity index (χ0v) is 23.0. The molecule has 4 aromatic rings. The van der Waals surface area contributed by atoms with Gasteiger partial charge in [0.15, 0.2) is 9.63 Å². The number of nitrogens with zero attached hydrogens (tertiary/aromatic N) is 4. The first-order valence-electron chi connectivity index (χ1n) is 11.1. The molecule has 0 aliphatic rings. The molecule has 0 aliphatic carbocycles. The highest BCUT2D eigenvalue weighted by Crippen LogP contribution is 2.17. The average molecular weight is 574 g/mol. The highest BCUT2D eigenvalue weighted by atomic mass is 79.9. The highest BCUT2D eigenvalue weighted by molar-refractivity contribution is 9.10. The molecule has 0 saturated carbocycles. The fourth-order valence-electron chi connectivity index (χ4n) is 2.75. The maximum Gasteiger partial charge on any atom is 0.283 e. The number of benzene rings is 2. The number of halogens is 1. The number of aryl methyl sites for hydroxylation is 2. The van der Waals surface area contributed by atoms with Crippen molar-refractivity contribution < 1.29 is 0 Å². The Morgan fingerprint density at radius 1 is 0.800 bits per heavy atom. The van der Waals surface area contributed by atoms with Crippen LogP contribution in [0.5, 0.6) is 0 Å². The van der Waals surface area contributed by atoms with Crippen molar-refractivity contribution in [2.45, 2.75) is 43.5 Å². The van der Waals surface area contributed by atoms with Crippen LogP contribution in [0.2, 0.25) is 0 Å². The second-order valence-corrected chi connectivity index (χ2v) is 9.08. The van der Waals surface area contributed by atoms with Gasteiger partial charge in [-0.05, 0) is 40.9 Å². The molecule has 2 aromatic carbocycles. The molecule has 0 radical (unpaired) electrons. The summed E-state index contributed by atoms with van der Waals surface area (Å²) in [4.78, 5) is 30.9. The topological polar surface area (TPSA) is 69.8 Å².